The highest BCUT2D eigenvalue weighted by molar-refractivity contribution is 5.95. The third-order valence-corrected chi connectivity index (χ3v) is 5.19. The Hall–Kier alpha value is -2.13. The van der Waals surface area contributed by atoms with Gasteiger partial charge in [0.25, 0.3) is 5.91 Å². The fourth-order valence-electron chi connectivity index (χ4n) is 3.60. The highest BCUT2D eigenvalue weighted by Gasteiger charge is 2.26. The molecule has 1 aliphatic rings. The van der Waals surface area contributed by atoms with E-state index in [9.17, 15) is 4.79 Å². The molecule has 0 saturated carbocycles. The lowest BCUT2D eigenvalue weighted by Crippen LogP contribution is -2.47. The van der Waals surface area contributed by atoms with Gasteiger partial charge in [-0.05, 0) is 57.0 Å². The predicted octanol–water partition coefficient (Wildman–Crippen LogP) is 3.64. The van der Waals surface area contributed by atoms with Crippen LogP contribution in [0.4, 0.5) is 0 Å². The first-order valence-electron chi connectivity index (χ1n) is 9.22. The largest absolute Gasteiger partial charge is 0.337 e. The second-order valence-electron chi connectivity index (χ2n) is 7.15. The van der Waals surface area contributed by atoms with E-state index in [1.54, 1.807) is 0 Å². The standard InChI is InChI=1S/C22H28N2O/c1-23(2)20-12-8-16-24(17-20)22(25)21-13-7-6-11-19(21)15-14-18-9-4-3-5-10-18/h3-7,9-11,13,20H,8,12,14-17H2,1-2H3. The maximum absolute atomic E-state index is 13.1. The molecule has 3 heteroatoms. The molecule has 1 fully saturated rings. The van der Waals surface area contributed by atoms with Crippen LogP contribution in [0.3, 0.4) is 0 Å². The van der Waals surface area contributed by atoms with Crippen molar-refractivity contribution in [3.63, 3.8) is 0 Å². The van der Waals surface area contributed by atoms with Gasteiger partial charge in [0.05, 0.1) is 0 Å². The highest BCUT2D eigenvalue weighted by atomic mass is 16.2. The van der Waals surface area contributed by atoms with Gasteiger partial charge in [0.2, 0.25) is 0 Å². The number of aryl methyl sites for hydroxylation is 2. The lowest BCUT2D eigenvalue weighted by atomic mass is 9.97. The van der Waals surface area contributed by atoms with Crippen molar-refractivity contribution in [2.24, 2.45) is 0 Å². The van der Waals surface area contributed by atoms with Crippen molar-refractivity contribution in [2.45, 2.75) is 31.7 Å². The van der Waals surface area contributed by atoms with Crippen LogP contribution in [0.15, 0.2) is 54.6 Å². The summed E-state index contributed by atoms with van der Waals surface area (Å²) in [5.74, 6) is 0.190. The Morgan fingerprint density at radius 2 is 1.76 bits per heavy atom. The van der Waals surface area contributed by atoms with Gasteiger partial charge in [-0.3, -0.25) is 4.79 Å². The minimum absolute atomic E-state index is 0.190. The predicted molar refractivity (Wildman–Crippen MR) is 103 cm³/mol. The van der Waals surface area contributed by atoms with E-state index in [1.165, 1.54) is 12.0 Å². The summed E-state index contributed by atoms with van der Waals surface area (Å²) in [5.41, 5.74) is 3.34. The molecule has 2 aromatic rings. The molecule has 1 amide bonds. The summed E-state index contributed by atoms with van der Waals surface area (Å²) >= 11 is 0. The van der Waals surface area contributed by atoms with Crippen LogP contribution in [0.2, 0.25) is 0 Å². The van der Waals surface area contributed by atoms with Gasteiger partial charge in [-0.15, -0.1) is 0 Å². The minimum Gasteiger partial charge on any atom is -0.337 e. The average molecular weight is 336 g/mol. The maximum Gasteiger partial charge on any atom is 0.254 e. The first kappa shape index (κ1) is 17.7. The van der Waals surface area contributed by atoms with Crippen LogP contribution in [0, 0.1) is 0 Å². The Labute approximate surface area is 151 Å². The van der Waals surface area contributed by atoms with Gasteiger partial charge < -0.3 is 9.80 Å². The van der Waals surface area contributed by atoms with Crippen LogP contribution in [0.1, 0.15) is 34.3 Å². The average Bonchev–Trinajstić information content (AvgIpc) is 2.67. The molecule has 25 heavy (non-hydrogen) atoms. The van der Waals surface area contributed by atoms with Gasteiger partial charge in [-0.25, -0.2) is 0 Å². The quantitative estimate of drug-likeness (QED) is 0.832. The molecule has 0 N–H and O–H groups in total. The van der Waals surface area contributed by atoms with Crippen molar-refractivity contribution in [1.82, 2.24) is 9.80 Å². The maximum atomic E-state index is 13.1. The highest BCUT2D eigenvalue weighted by Crippen LogP contribution is 2.19. The third-order valence-electron chi connectivity index (χ3n) is 5.19. The zero-order valence-corrected chi connectivity index (χ0v) is 15.3. The Morgan fingerprint density at radius 3 is 2.52 bits per heavy atom. The van der Waals surface area contributed by atoms with Crippen LogP contribution >= 0.6 is 0 Å². The van der Waals surface area contributed by atoms with Gasteiger partial charge >= 0.3 is 0 Å². The number of likely N-dealkylation sites (tertiary alicyclic amines) is 1. The number of piperidine rings is 1. The fraction of sp³-hybridized carbons (Fsp3) is 0.409. The summed E-state index contributed by atoms with van der Waals surface area (Å²) in [6.45, 7) is 1.70. The van der Waals surface area contributed by atoms with E-state index in [1.807, 2.05) is 29.2 Å². The summed E-state index contributed by atoms with van der Waals surface area (Å²) in [4.78, 5) is 17.4. The minimum atomic E-state index is 0.190. The number of likely N-dealkylation sites (N-methyl/N-ethyl adjacent to an activating group) is 1. The van der Waals surface area contributed by atoms with E-state index in [0.29, 0.717) is 6.04 Å². The normalized spacial score (nSPS) is 17.7. The summed E-state index contributed by atoms with van der Waals surface area (Å²) < 4.78 is 0. The molecular weight excluding hydrogens is 308 g/mol. The van der Waals surface area contributed by atoms with E-state index >= 15 is 0 Å². The van der Waals surface area contributed by atoms with Gasteiger partial charge in [0, 0.05) is 24.7 Å². The zero-order valence-electron chi connectivity index (χ0n) is 15.3. The third kappa shape index (κ3) is 4.49. The molecule has 1 heterocycles. The molecule has 0 aromatic heterocycles. The molecule has 3 nitrogen and oxygen atoms in total. The van der Waals surface area contributed by atoms with Gasteiger partial charge in [0.1, 0.15) is 0 Å². The number of amides is 1. The molecule has 1 atom stereocenters. The Morgan fingerprint density at radius 1 is 1.04 bits per heavy atom. The first-order valence-corrected chi connectivity index (χ1v) is 9.22. The van der Waals surface area contributed by atoms with E-state index in [2.05, 4.69) is 49.3 Å². The lowest BCUT2D eigenvalue weighted by Gasteiger charge is -2.36. The van der Waals surface area contributed by atoms with Crippen LogP contribution in [0.5, 0.6) is 0 Å². The molecule has 3 rings (SSSR count). The SMILES string of the molecule is CN(C)C1CCCN(C(=O)c2ccccc2CCc2ccccc2)C1. The van der Waals surface area contributed by atoms with Gasteiger partial charge in [-0.2, -0.15) is 0 Å². The number of hydrogen-bond donors (Lipinski definition) is 0. The summed E-state index contributed by atoms with van der Waals surface area (Å²) in [5, 5.41) is 0. The molecule has 1 unspecified atom stereocenters. The number of benzene rings is 2. The molecule has 2 aromatic carbocycles. The van der Waals surface area contributed by atoms with E-state index in [0.717, 1.165) is 43.5 Å². The van der Waals surface area contributed by atoms with Crippen molar-refractivity contribution in [1.29, 1.82) is 0 Å². The van der Waals surface area contributed by atoms with Crippen molar-refractivity contribution < 1.29 is 4.79 Å². The Bertz CT molecular complexity index is 696. The smallest absolute Gasteiger partial charge is 0.254 e. The van der Waals surface area contributed by atoms with E-state index in [-0.39, 0.29) is 5.91 Å². The number of rotatable bonds is 5. The van der Waals surface area contributed by atoms with Crippen molar-refractivity contribution in [3.05, 3.63) is 71.3 Å². The summed E-state index contributed by atoms with van der Waals surface area (Å²) in [6, 6.07) is 19.1. The fourth-order valence-corrected chi connectivity index (χ4v) is 3.60. The van der Waals surface area contributed by atoms with Crippen LogP contribution in [-0.2, 0) is 12.8 Å². The molecule has 0 radical (unpaired) electrons. The van der Waals surface area contributed by atoms with Crippen LogP contribution in [-0.4, -0.2) is 48.9 Å². The lowest BCUT2D eigenvalue weighted by molar-refractivity contribution is 0.0634. The molecular formula is C22H28N2O. The molecule has 1 aliphatic heterocycles. The topological polar surface area (TPSA) is 23.6 Å². The molecule has 1 saturated heterocycles. The van der Waals surface area contributed by atoms with Crippen molar-refractivity contribution in [2.75, 3.05) is 27.2 Å². The Kier molecular flexibility index (Phi) is 5.87. The molecule has 0 aliphatic carbocycles. The summed E-state index contributed by atoms with van der Waals surface area (Å²) in [7, 11) is 4.21. The number of carbonyl (C=O) groups is 1. The number of hydrogen-bond acceptors (Lipinski definition) is 2. The van der Waals surface area contributed by atoms with Gasteiger partial charge in [-0.1, -0.05) is 48.5 Å². The van der Waals surface area contributed by atoms with Crippen LogP contribution < -0.4 is 0 Å². The summed E-state index contributed by atoms with van der Waals surface area (Å²) in [6.07, 6.45) is 4.12. The van der Waals surface area contributed by atoms with E-state index in [4.69, 9.17) is 0 Å². The second kappa shape index (κ2) is 8.30. The zero-order chi connectivity index (χ0) is 17.6. The first-order chi connectivity index (χ1) is 12.1. The monoisotopic (exact) mass is 336 g/mol. The molecule has 0 spiro atoms. The van der Waals surface area contributed by atoms with Crippen molar-refractivity contribution in [3.8, 4) is 0 Å². The van der Waals surface area contributed by atoms with E-state index < -0.39 is 0 Å². The van der Waals surface area contributed by atoms with Gasteiger partial charge in [0.15, 0.2) is 0 Å². The molecule has 132 valence electrons. The Balaban J connectivity index is 1.72. The molecule has 0 bridgehead atoms. The second-order valence-corrected chi connectivity index (χ2v) is 7.15. The number of carbonyl (C=O) groups excluding carboxylic acids is 1. The number of nitrogens with zero attached hydrogens (tertiary/aromatic N) is 2. The van der Waals surface area contributed by atoms with Crippen LogP contribution in [0.25, 0.3) is 0 Å². The van der Waals surface area contributed by atoms with Crippen molar-refractivity contribution >= 4 is 5.91 Å².